The molecule has 106 valence electrons. The summed E-state index contributed by atoms with van der Waals surface area (Å²) in [6.45, 7) is 0.260. The number of benzene rings is 1. The number of carbonyl (C=O) groups is 1. The Hall–Kier alpha value is -2.09. The van der Waals surface area contributed by atoms with Gasteiger partial charge in [0.2, 0.25) is 10.1 Å². The van der Waals surface area contributed by atoms with Gasteiger partial charge in [0.05, 0.1) is 0 Å². The summed E-state index contributed by atoms with van der Waals surface area (Å²) in [4.78, 5) is 11.7. The highest BCUT2D eigenvalue weighted by atomic mass is 32.1. The lowest BCUT2D eigenvalue weighted by Crippen LogP contribution is -2.25. The molecule has 2 aromatic rings. The number of carbonyl (C=O) groups excluding carboxylic acids is 1. The molecule has 5 nitrogen and oxygen atoms in total. The van der Waals surface area contributed by atoms with Crippen LogP contribution in [0, 0.1) is 11.6 Å². The van der Waals surface area contributed by atoms with E-state index in [1.54, 1.807) is 7.05 Å². The van der Waals surface area contributed by atoms with E-state index in [4.69, 9.17) is 0 Å². The summed E-state index contributed by atoms with van der Waals surface area (Å²) in [5.41, 5.74) is 0.482. The van der Waals surface area contributed by atoms with E-state index in [9.17, 15) is 13.6 Å². The molecule has 0 unspecified atom stereocenters. The lowest BCUT2D eigenvalue weighted by Gasteiger charge is -2.03. The highest BCUT2D eigenvalue weighted by Gasteiger charge is 2.11. The molecular formula is C12H12F2N4OS. The molecule has 0 aliphatic rings. The van der Waals surface area contributed by atoms with Crippen LogP contribution in [-0.2, 0) is 6.42 Å². The van der Waals surface area contributed by atoms with Crippen LogP contribution >= 0.6 is 11.3 Å². The fourth-order valence-electron chi connectivity index (χ4n) is 1.57. The van der Waals surface area contributed by atoms with Crippen molar-refractivity contribution >= 4 is 22.4 Å². The maximum Gasteiger partial charge on any atom is 0.282 e. The predicted octanol–water partition coefficient (Wildman–Crippen LogP) is 1.83. The minimum absolute atomic E-state index is 0.236. The number of nitrogens with zero attached hydrogens (tertiary/aromatic N) is 2. The smallest absolute Gasteiger partial charge is 0.282 e. The average Bonchev–Trinajstić information content (AvgIpc) is 2.86. The maximum absolute atomic E-state index is 13.0. The van der Waals surface area contributed by atoms with E-state index in [-0.39, 0.29) is 17.5 Å². The van der Waals surface area contributed by atoms with Gasteiger partial charge in [0, 0.05) is 19.7 Å². The van der Waals surface area contributed by atoms with Crippen LogP contribution in [0.3, 0.4) is 0 Å². The monoisotopic (exact) mass is 298 g/mol. The van der Waals surface area contributed by atoms with Crippen LogP contribution in [-0.4, -0.2) is 29.7 Å². The molecule has 0 bridgehead atoms. The molecule has 8 heteroatoms. The van der Waals surface area contributed by atoms with E-state index in [2.05, 4.69) is 20.8 Å². The van der Waals surface area contributed by atoms with Crippen LogP contribution < -0.4 is 10.6 Å². The second kappa shape index (κ2) is 6.38. The van der Waals surface area contributed by atoms with Crippen molar-refractivity contribution in [1.82, 2.24) is 15.5 Å². The third-order valence-corrected chi connectivity index (χ3v) is 3.39. The van der Waals surface area contributed by atoms with Gasteiger partial charge >= 0.3 is 0 Å². The Bertz CT molecular complexity index is 597. The molecule has 0 saturated carbocycles. The van der Waals surface area contributed by atoms with E-state index < -0.39 is 11.6 Å². The number of nitrogens with one attached hydrogen (secondary N) is 2. The number of anilines is 1. The first-order valence-corrected chi connectivity index (χ1v) is 6.64. The van der Waals surface area contributed by atoms with Crippen molar-refractivity contribution in [2.24, 2.45) is 0 Å². The quantitative estimate of drug-likeness (QED) is 0.884. The summed E-state index contributed by atoms with van der Waals surface area (Å²) in [5, 5.41) is 13.6. The minimum Gasteiger partial charge on any atom is -0.363 e. The molecule has 1 aromatic carbocycles. The van der Waals surface area contributed by atoms with Crippen LogP contribution in [0.15, 0.2) is 18.2 Å². The zero-order chi connectivity index (χ0) is 14.5. The van der Waals surface area contributed by atoms with Crippen molar-refractivity contribution < 1.29 is 13.6 Å². The van der Waals surface area contributed by atoms with Gasteiger partial charge in [-0.15, -0.1) is 10.2 Å². The standard InChI is InChI=1S/C12H12F2N4OS/c1-15-12-18-17-11(20-12)10(19)16-3-2-7-4-8(13)6-9(14)5-7/h4-6H,2-3H2,1H3,(H,15,18)(H,16,19). The molecule has 0 aliphatic carbocycles. The predicted molar refractivity (Wildman–Crippen MR) is 71.9 cm³/mol. The molecule has 2 N–H and O–H groups in total. The van der Waals surface area contributed by atoms with Crippen molar-refractivity contribution in [3.8, 4) is 0 Å². The Kier molecular flexibility index (Phi) is 4.57. The largest absolute Gasteiger partial charge is 0.363 e. The van der Waals surface area contributed by atoms with Crippen LogP contribution in [0.4, 0.5) is 13.9 Å². The summed E-state index contributed by atoms with van der Waals surface area (Å²) >= 11 is 1.13. The number of amides is 1. The molecule has 0 atom stereocenters. The van der Waals surface area contributed by atoms with Gasteiger partial charge in [-0.25, -0.2) is 8.78 Å². The Labute approximate surface area is 118 Å². The minimum atomic E-state index is -0.630. The number of hydrogen-bond acceptors (Lipinski definition) is 5. The molecule has 0 aliphatic heterocycles. The average molecular weight is 298 g/mol. The third kappa shape index (κ3) is 3.70. The van der Waals surface area contributed by atoms with Crippen molar-refractivity contribution in [2.45, 2.75) is 6.42 Å². The Morgan fingerprint density at radius 3 is 2.55 bits per heavy atom. The van der Waals surface area contributed by atoms with Crippen LogP contribution in [0.2, 0.25) is 0 Å². The molecule has 0 spiro atoms. The van der Waals surface area contributed by atoms with Crippen LogP contribution in [0.25, 0.3) is 0 Å². The van der Waals surface area contributed by atoms with E-state index in [1.165, 1.54) is 12.1 Å². The Morgan fingerprint density at radius 2 is 1.95 bits per heavy atom. The van der Waals surface area contributed by atoms with Gasteiger partial charge in [0.25, 0.3) is 5.91 Å². The van der Waals surface area contributed by atoms with Gasteiger partial charge in [-0.05, 0) is 24.1 Å². The Morgan fingerprint density at radius 1 is 1.25 bits per heavy atom. The molecule has 2 rings (SSSR count). The van der Waals surface area contributed by atoms with E-state index in [0.717, 1.165) is 17.4 Å². The normalized spacial score (nSPS) is 10.3. The topological polar surface area (TPSA) is 66.9 Å². The lowest BCUT2D eigenvalue weighted by atomic mass is 10.1. The second-order valence-electron chi connectivity index (χ2n) is 3.95. The van der Waals surface area contributed by atoms with Crippen molar-refractivity contribution in [3.05, 3.63) is 40.4 Å². The van der Waals surface area contributed by atoms with Gasteiger partial charge in [0.15, 0.2) is 0 Å². The summed E-state index contributed by atoms with van der Waals surface area (Å²) in [5.74, 6) is -1.62. The highest BCUT2D eigenvalue weighted by molar-refractivity contribution is 7.17. The summed E-state index contributed by atoms with van der Waals surface area (Å²) in [6, 6.07) is 3.28. The fourth-order valence-corrected chi connectivity index (χ4v) is 2.18. The van der Waals surface area contributed by atoms with E-state index >= 15 is 0 Å². The summed E-state index contributed by atoms with van der Waals surface area (Å²) in [7, 11) is 1.68. The third-order valence-electron chi connectivity index (χ3n) is 2.45. The number of rotatable bonds is 5. The first kappa shape index (κ1) is 14.3. The molecular weight excluding hydrogens is 286 g/mol. The van der Waals surface area contributed by atoms with Gasteiger partial charge < -0.3 is 10.6 Å². The molecule has 1 amide bonds. The summed E-state index contributed by atoms with van der Waals surface area (Å²) in [6.07, 6.45) is 0.331. The molecule has 20 heavy (non-hydrogen) atoms. The second-order valence-corrected chi connectivity index (χ2v) is 4.92. The van der Waals surface area contributed by atoms with Crippen molar-refractivity contribution in [1.29, 1.82) is 0 Å². The van der Waals surface area contributed by atoms with Gasteiger partial charge in [-0.1, -0.05) is 11.3 Å². The summed E-state index contributed by atoms with van der Waals surface area (Å²) < 4.78 is 25.9. The molecule has 0 saturated heterocycles. The van der Waals surface area contributed by atoms with Gasteiger partial charge in [-0.2, -0.15) is 0 Å². The highest BCUT2D eigenvalue weighted by Crippen LogP contribution is 2.13. The van der Waals surface area contributed by atoms with Gasteiger partial charge in [0.1, 0.15) is 11.6 Å². The molecule has 1 aromatic heterocycles. The van der Waals surface area contributed by atoms with E-state index in [0.29, 0.717) is 17.1 Å². The first-order valence-electron chi connectivity index (χ1n) is 5.83. The van der Waals surface area contributed by atoms with Crippen molar-refractivity contribution in [2.75, 3.05) is 18.9 Å². The molecule has 0 fully saturated rings. The van der Waals surface area contributed by atoms with E-state index in [1.807, 2.05) is 0 Å². The number of aromatic nitrogens is 2. The zero-order valence-corrected chi connectivity index (χ0v) is 11.4. The molecule has 1 heterocycles. The fraction of sp³-hybridized carbons (Fsp3) is 0.250. The molecule has 0 radical (unpaired) electrons. The van der Waals surface area contributed by atoms with Crippen LogP contribution in [0.1, 0.15) is 15.4 Å². The maximum atomic E-state index is 13.0. The van der Waals surface area contributed by atoms with Crippen molar-refractivity contribution in [3.63, 3.8) is 0 Å². The Balaban J connectivity index is 1.87. The zero-order valence-electron chi connectivity index (χ0n) is 10.6. The lowest BCUT2D eigenvalue weighted by molar-refractivity contribution is 0.0953. The first-order chi connectivity index (χ1) is 9.58. The SMILES string of the molecule is CNc1nnc(C(=O)NCCc2cc(F)cc(F)c2)s1. The number of hydrogen-bond donors (Lipinski definition) is 2. The van der Waals surface area contributed by atoms with Gasteiger partial charge in [-0.3, -0.25) is 4.79 Å². The van der Waals surface area contributed by atoms with Crippen LogP contribution in [0.5, 0.6) is 0 Å². The number of halogens is 2.